The summed E-state index contributed by atoms with van der Waals surface area (Å²) in [6.45, 7) is 13.1. The van der Waals surface area contributed by atoms with Crippen molar-refractivity contribution in [1.82, 2.24) is 19.5 Å². The van der Waals surface area contributed by atoms with Gasteiger partial charge >= 0.3 is 0 Å². The summed E-state index contributed by atoms with van der Waals surface area (Å²) in [6, 6.07) is 51.0. The molecule has 0 spiro atoms. The van der Waals surface area contributed by atoms with E-state index < -0.39 is 0 Å². The summed E-state index contributed by atoms with van der Waals surface area (Å²) in [5, 5.41) is 13.1. The molecule has 57 heavy (non-hydrogen) atoms. The summed E-state index contributed by atoms with van der Waals surface area (Å²) in [5.41, 5.74) is 18.4. The molecule has 0 radical (unpaired) electrons. The van der Waals surface area contributed by atoms with Crippen molar-refractivity contribution in [3.63, 3.8) is 0 Å². The molecule has 2 aromatic heterocycles. The highest BCUT2D eigenvalue weighted by Gasteiger charge is 2.20. The van der Waals surface area contributed by atoms with E-state index in [4.69, 9.17) is 15.0 Å². The standard InChI is InChI=1S/C52H41N5/c1-31-23-33(3)48(34(4)24-31)39-17-21-46-44(28-39)45-29-40(49-35(5)25-32(2)26-36(49)6)18-22-47(45)57(46)42-19-20-43(41(27-42)30-53)52-55-50(37-13-9-7-10-14-37)54-51(56-52)38-15-11-8-12-16-38/h7-29H,1-6H3. The molecule has 0 aliphatic heterocycles. The van der Waals surface area contributed by atoms with Gasteiger partial charge in [-0.3, -0.25) is 0 Å². The first-order valence-corrected chi connectivity index (χ1v) is 19.3. The van der Waals surface area contributed by atoms with Crippen LogP contribution in [0.2, 0.25) is 0 Å². The number of benzene rings is 7. The predicted octanol–water partition coefficient (Wildman–Crippen LogP) is 13.0. The lowest BCUT2D eigenvalue weighted by molar-refractivity contribution is 1.07. The van der Waals surface area contributed by atoms with E-state index in [2.05, 4.69) is 119 Å². The van der Waals surface area contributed by atoms with Gasteiger partial charge in [-0.2, -0.15) is 5.26 Å². The summed E-state index contributed by atoms with van der Waals surface area (Å²) in [7, 11) is 0. The van der Waals surface area contributed by atoms with Crippen molar-refractivity contribution in [2.24, 2.45) is 0 Å². The van der Waals surface area contributed by atoms with Crippen LogP contribution in [0.1, 0.15) is 38.9 Å². The SMILES string of the molecule is Cc1cc(C)c(-c2ccc3c(c2)c2cc(-c4c(C)cc(C)cc4C)ccc2n3-c2ccc(-c3nc(-c4ccccc4)nc(-c4ccccc4)n3)c(C#N)c2)c(C)c1. The van der Waals surface area contributed by atoms with Gasteiger partial charge in [0.15, 0.2) is 17.5 Å². The van der Waals surface area contributed by atoms with Crippen LogP contribution in [0, 0.1) is 52.9 Å². The van der Waals surface area contributed by atoms with Crippen LogP contribution in [0.5, 0.6) is 0 Å². The molecule has 0 saturated heterocycles. The molecule has 9 aromatic rings. The summed E-state index contributed by atoms with van der Waals surface area (Å²) in [6.07, 6.45) is 0. The molecule has 7 aromatic carbocycles. The van der Waals surface area contributed by atoms with Crippen LogP contribution in [-0.2, 0) is 0 Å². The molecule has 0 aliphatic carbocycles. The smallest absolute Gasteiger partial charge is 0.165 e. The second kappa shape index (κ2) is 14.2. The molecule has 5 nitrogen and oxygen atoms in total. The Morgan fingerprint density at radius 2 is 0.877 bits per heavy atom. The van der Waals surface area contributed by atoms with E-state index in [1.807, 2.05) is 72.8 Å². The van der Waals surface area contributed by atoms with Gasteiger partial charge in [-0.15, -0.1) is 0 Å². The fourth-order valence-electron chi connectivity index (χ4n) is 8.77. The minimum Gasteiger partial charge on any atom is -0.309 e. The molecule has 2 heterocycles. The molecule has 274 valence electrons. The average Bonchev–Trinajstić information content (AvgIpc) is 3.53. The third kappa shape index (κ3) is 6.36. The molecule has 0 saturated carbocycles. The third-order valence-corrected chi connectivity index (χ3v) is 11.0. The number of fused-ring (bicyclic) bond motifs is 3. The van der Waals surface area contributed by atoms with Crippen molar-refractivity contribution in [2.45, 2.75) is 41.5 Å². The number of nitrogens with zero attached hydrogens (tertiary/aromatic N) is 5. The minimum absolute atomic E-state index is 0.454. The van der Waals surface area contributed by atoms with Crippen LogP contribution in [0.3, 0.4) is 0 Å². The summed E-state index contributed by atoms with van der Waals surface area (Å²) in [4.78, 5) is 14.7. The van der Waals surface area contributed by atoms with Gasteiger partial charge < -0.3 is 4.57 Å². The summed E-state index contributed by atoms with van der Waals surface area (Å²) >= 11 is 0. The Labute approximate surface area is 333 Å². The van der Waals surface area contributed by atoms with Crippen LogP contribution >= 0.6 is 0 Å². The lowest BCUT2D eigenvalue weighted by atomic mass is 9.91. The van der Waals surface area contributed by atoms with Gasteiger partial charge in [0.05, 0.1) is 22.7 Å². The Balaban J connectivity index is 1.26. The van der Waals surface area contributed by atoms with E-state index in [0.29, 0.717) is 28.6 Å². The molecule has 0 aliphatic rings. The monoisotopic (exact) mass is 735 g/mol. The molecule has 0 N–H and O–H groups in total. The fraction of sp³-hybridized carbons (Fsp3) is 0.115. The Bertz CT molecular complexity index is 2860. The molecule has 0 unspecified atom stereocenters. The van der Waals surface area contributed by atoms with Crippen LogP contribution in [0.4, 0.5) is 0 Å². The number of rotatable bonds is 6. The van der Waals surface area contributed by atoms with Crippen LogP contribution in [0.25, 0.3) is 83.9 Å². The molecule has 0 bridgehead atoms. The molecular weight excluding hydrogens is 695 g/mol. The second-order valence-corrected chi connectivity index (χ2v) is 15.2. The molecule has 0 atom stereocenters. The lowest BCUT2D eigenvalue weighted by Gasteiger charge is -2.14. The Hall–Kier alpha value is -7.16. The third-order valence-electron chi connectivity index (χ3n) is 11.0. The van der Waals surface area contributed by atoms with E-state index >= 15 is 0 Å². The predicted molar refractivity (Wildman–Crippen MR) is 234 cm³/mol. The first-order chi connectivity index (χ1) is 27.7. The molecule has 0 fully saturated rings. The van der Waals surface area contributed by atoms with E-state index in [9.17, 15) is 5.26 Å². The van der Waals surface area contributed by atoms with Gasteiger partial charge in [-0.25, -0.2) is 15.0 Å². The molecular formula is C52H41N5. The number of aromatic nitrogens is 4. The average molecular weight is 736 g/mol. The zero-order valence-electron chi connectivity index (χ0n) is 33.0. The van der Waals surface area contributed by atoms with E-state index in [0.717, 1.165) is 38.6 Å². The highest BCUT2D eigenvalue weighted by molar-refractivity contribution is 6.12. The second-order valence-electron chi connectivity index (χ2n) is 15.2. The van der Waals surface area contributed by atoms with Crippen molar-refractivity contribution in [1.29, 1.82) is 5.26 Å². The highest BCUT2D eigenvalue weighted by atomic mass is 15.0. The Morgan fingerprint density at radius 3 is 1.32 bits per heavy atom. The zero-order valence-corrected chi connectivity index (χ0v) is 33.0. The van der Waals surface area contributed by atoms with Gasteiger partial charge in [-0.05, 0) is 129 Å². The van der Waals surface area contributed by atoms with Crippen LogP contribution in [0.15, 0.2) is 140 Å². The van der Waals surface area contributed by atoms with E-state index in [1.165, 1.54) is 55.6 Å². The maximum absolute atomic E-state index is 10.7. The van der Waals surface area contributed by atoms with Crippen molar-refractivity contribution in [3.8, 4) is 68.2 Å². The van der Waals surface area contributed by atoms with Crippen LogP contribution < -0.4 is 0 Å². The highest BCUT2D eigenvalue weighted by Crippen LogP contribution is 2.40. The van der Waals surface area contributed by atoms with Gasteiger partial charge in [0.2, 0.25) is 0 Å². The van der Waals surface area contributed by atoms with Crippen molar-refractivity contribution < 1.29 is 0 Å². The minimum atomic E-state index is 0.454. The lowest BCUT2D eigenvalue weighted by Crippen LogP contribution is -2.02. The molecule has 9 rings (SSSR count). The number of hydrogen-bond donors (Lipinski definition) is 0. The zero-order chi connectivity index (χ0) is 39.4. The number of nitriles is 1. The van der Waals surface area contributed by atoms with Gasteiger partial charge in [-0.1, -0.05) is 108 Å². The molecule has 0 amide bonds. The van der Waals surface area contributed by atoms with Crippen molar-refractivity contribution >= 4 is 21.8 Å². The largest absolute Gasteiger partial charge is 0.309 e. The van der Waals surface area contributed by atoms with Gasteiger partial charge in [0, 0.05) is 33.2 Å². The Morgan fingerprint density at radius 1 is 0.439 bits per heavy atom. The number of aryl methyl sites for hydroxylation is 6. The van der Waals surface area contributed by atoms with Gasteiger partial charge in [0.25, 0.3) is 0 Å². The topological polar surface area (TPSA) is 67.4 Å². The maximum atomic E-state index is 10.7. The first kappa shape index (κ1) is 35.5. The maximum Gasteiger partial charge on any atom is 0.165 e. The van der Waals surface area contributed by atoms with Crippen LogP contribution in [-0.4, -0.2) is 19.5 Å². The van der Waals surface area contributed by atoms with E-state index in [-0.39, 0.29) is 0 Å². The first-order valence-electron chi connectivity index (χ1n) is 19.3. The summed E-state index contributed by atoms with van der Waals surface area (Å²) in [5.74, 6) is 1.56. The number of hydrogen-bond acceptors (Lipinski definition) is 4. The van der Waals surface area contributed by atoms with E-state index in [1.54, 1.807) is 0 Å². The van der Waals surface area contributed by atoms with Gasteiger partial charge in [0.1, 0.15) is 0 Å². The fourth-order valence-corrected chi connectivity index (χ4v) is 8.77. The molecule has 5 heteroatoms. The van der Waals surface area contributed by atoms with Crippen molar-refractivity contribution in [2.75, 3.05) is 0 Å². The van der Waals surface area contributed by atoms with Crippen molar-refractivity contribution in [3.05, 3.63) is 178 Å². The normalized spacial score (nSPS) is 11.3. The Kier molecular flexibility index (Phi) is 8.83. The summed E-state index contributed by atoms with van der Waals surface area (Å²) < 4.78 is 2.28. The quantitative estimate of drug-likeness (QED) is 0.170.